The van der Waals surface area contributed by atoms with Gasteiger partial charge >= 0.3 is 0 Å². The topological polar surface area (TPSA) is 38.3 Å². The summed E-state index contributed by atoms with van der Waals surface area (Å²) >= 11 is 0. The average Bonchev–Trinajstić information content (AvgIpc) is 2.37. The van der Waals surface area contributed by atoms with E-state index in [2.05, 4.69) is 18.8 Å². The van der Waals surface area contributed by atoms with Crippen molar-refractivity contribution in [2.75, 3.05) is 13.2 Å². The van der Waals surface area contributed by atoms with E-state index in [1.807, 2.05) is 19.1 Å². The first-order valence-corrected chi connectivity index (χ1v) is 6.29. The molecule has 18 heavy (non-hydrogen) atoms. The van der Waals surface area contributed by atoms with E-state index in [0.29, 0.717) is 24.5 Å². The van der Waals surface area contributed by atoms with E-state index < -0.39 is 0 Å². The van der Waals surface area contributed by atoms with Crippen LogP contribution < -0.4 is 10.1 Å². The Balaban J connectivity index is 2.57. The number of carbonyl (C=O) groups is 1. The van der Waals surface area contributed by atoms with Gasteiger partial charge in [-0.15, -0.1) is 0 Å². The van der Waals surface area contributed by atoms with Crippen molar-refractivity contribution < 1.29 is 9.53 Å². The molecule has 1 amide bonds. The van der Waals surface area contributed by atoms with Crippen molar-refractivity contribution in [2.24, 2.45) is 0 Å². The summed E-state index contributed by atoms with van der Waals surface area (Å²) in [5.74, 6) is 0.644. The molecule has 0 atom stereocenters. The zero-order valence-corrected chi connectivity index (χ0v) is 11.2. The maximum absolute atomic E-state index is 11.8. The number of benzene rings is 1. The minimum absolute atomic E-state index is 0.0516. The standard InChI is InChI=1S/C15H21NO2/c1-4-5-9-16-15(17)13-7-6-8-14(10-13)18-11-12(2)3/h6-8,10H,2,4-5,9,11H2,1,3H3,(H,16,17). The molecule has 0 heterocycles. The summed E-state index contributed by atoms with van der Waals surface area (Å²) in [6.45, 7) is 8.96. The Morgan fingerprint density at radius 3 is 2.89 bits per heavy atom. The summed E-state index contributed by atoms with van der Waals surface area (Å²) in [6, 6.07) is 7.20. The summed E-state index contributed by atoms with van der Waals surface area (Å²) < 4.78 is 5.50. The first kappa shape index (κ1) is 14.3. The number of rotatable bonds is 7. The van der Waals surface area contributed by atoms with Crippen molar-refractivity contribution in [3.8, 4) is 5.75 Å². The molecule has 1 rings (SSSR count). The molecule has 0 unspecified atom stereocenters. The fraction of sp³-hybridized carbons (Fsp3) is 0.400. The van der Waals surface area contributed by atoms with Gasteiger partial charge in [-0.1, -0.05) is 26.0 Å². The molecule has 1 N–H and O–H groups in total. The Kier molecular flexibility index (Phi) is 5.98. The van der Waals surface area contributed by atoms with Crippen molar-refractivity contribution in [3.63, 3.8) is 0 Å². The lowest BCUT2D eigenvalue weighted by atomic mass is 10.2. The van der Waals surface area contributed by atoms with Crippen LogP contribution in [0.1, 0.15) is 37.0 Å². The fourth-order valence-corrected chi connectivity index (χ4v) is 1.41. The van der Waals surface area contributed by atoms with E-state index >= 15 is 0 Å². The molecule has 3 heteroatoms. The molecule has 0 saturated carbocycles. The van der Waals surface area contributed by atoms with Crippen LogP contribution in [0.3, 0.4) is 0 Å². The van der Waals surface area contributed by atoms with Gasteiger partial charge in [0, 0.05) is 12.1 Å². The highest BCUT2D eigenvalue weighted by atomic mass is 16.5. The van der Waals surface area contributed by atoms with E-state index in [1.54, 1.807) is 12.1 Å². The Morgan fingerprint density at radius 2 is 2.22 bits per heavy atom. The van der Waals surface area contributed by atoms with Crippen molar-refractivity contribution >= 4 is 5.91 Å². The highest BCUT2D eigenvalue weighted by molar-refractivity contribution is 5.94. The van der Waals surface area contributed by atoms with Crippen LogP contribution in [-0.4, -0.2) is 19.1 Å². The maximum atomic E-state index is 11.8. The van der Waals surface area contributed by atoms with E-state index in [0.717, 1.165) is 18.4 Å². The Morgan fingerprint density at radius 1 is 1.44 bits per heavy atom. The molecule has 0 aliphatic carbocycles. The summed E-state index contributed by atoms with van der Waals surface area (Å²) in [7, 11) is 0. The van der Waals surface area contributed by atoms with Crippen LogP contribution >= 0.6 is 0 Å². The van der Waals surface area contributed by atoms with Crippen LogP contribution in [0.4, 0.5) is 0 Å². The van der Waals surface area contributed by atoms with Crippen LogP contribution in [0, 0.1) is 0 Å². The normalized spacial score (nSPS) is 9.89. The second-order valence-electron chi connectivity index (χ2n) is 4.38. The smallest absolute Gasteiger partial charge is 0.251 e. The number of hydrogen-bond acceptors (Lipinski definition) is 2. The zero-order valence-electron chi connectivity index (χ0n) is 11.2. The van der Waals surface area contributed by atoms with E-state index in [-0.39, 0.29) is 5.91 Å². The monoisotopic (exact) mass is 247 g/mol. The predicted molar refractivity (Wildman–Crippen MR) is 74.0 cm³/mol. The second kappa shape index (κ2) is 7.54. The molecule has 98 valence electrons. The third-order valence-corrected chi connectivity index (χ3v) is 2.40. The lowest BCUT2D eigenvalue weighted by Gasteiger charge is -2.08. The lowest BCUT2D eigenvalue weighted by molar-refractivity contribution is 0.0952. The third-order valence-electron chi connectivity index (χ3n) is 2.40. The quantitative estimate of drug-likeness (QED) is 0.593. The first-order valence-electron chi connectivity index (χ1n) is 6.29. The SMILES string of the molecule is C=C(C)COc1cccc(C(=O)NCCCC)c1. The molecular weight excluding hydrogens is 226 g/mol. The molecule has 0 aromatic heterocycles. The van der Waals surface area contributed by atoms with Gasteiger partial charge in [0.15, 0.2) is 0 Å². The number of amides is 1. The van der Waals surface area contributed by atoms with Crippen LogP contribution in [0.15, 0.2) is 36.4 Å². The minimum Gasteiger partial charge on any atom is -0.489 e. The molecular formula is C15H21NO2. The summed E-state index contributed by atoms with van der Waals surface area (Å²) in [6.07, 6.45) is 2.07. The van der Waals surface area contributed by atoms with E-state index in [4.69, 9.17) is 4.74 Å². The first-order chi connectivity index (χ1) is 8.63. The third kappa shape index (κ3) is 5.04. The van der Waals surface area contributed by atoms with Crippen LogP contribution in [0.25, 0.3) is 0 Å². The molecule has 0 aliphatic heterocycles. The Labute approximate surface area is 109 Å². The van der Waals surface area contributed by atoms with Gasteiger partial charge in [0.25, 0.3) is 5.91 Å². The van der Waals surface area contributed by atoms with Gasteiger partial charge in [0.1, 0.15) is 12.4 Å². The van der Waals surface area contributed by atoms with Gasteiger partial charge in [-0.2, -0.15) is 0 Å². The number of hydrogen-bond donors (Lipinski definition) is 1. The zero-order chi connectivity index (χ0) is 13.4. The highest BCUT2D eigenvalue weighted by Crippen LogP contribution is 2.14. The van der Waals surface area contributed by atoms with Crippen LogP contribution in [0.5, 0.6) is 5.75 Å². The molecule has 0 bridgehead atoms. The van der Waals surface area contributed by atoms with E-state index in [9.17, 15) is 4.79 Å². The second-order valence-corrected chi connectivity index (χ2v) is 4.38. The van der Waals surface area contributed by atoms with Gasteiger partial charge in [0.05, 0.1) is 0 Å². The molecule has 1 aromatic carbocycles. The maximum Gasteiger partial charge on any atom is 0.251 e. The van der Waals surface area contributed by atoms with Crippen molar-refractivity contribution in [1.29, 1.82) is 0 Å². The number of nitrogens with one attached hydrogen (secondary N) is 1. The summed E-state index contributed by atoms with van der Waals surface area (Å²) in [5.41, 5.74) is 1.58. The number of ether oxygens (including phenoxy) is 1. The molecule has 1 aromatic rings. The van der Waals surface area contributed by atoms with E-state index in [1.165, 1.54) is 0 Å². The predicted octanol–water partition coefficient (Wildman–Crippen LogP) is 3.17. The Hall–Kier alpha value is -1.77. The Bertz CT molecular complexity index is 413. The molecule has 0 saturated heterocycles. The van der Waals surface area contributed by atoms with Crippen molar-refractivity contribution in [1.82, 2.24) is 5.32 Å². The lowest BCUT2D eigenvalue weighted by Crippen LogP contribution is -2.24. The highest BCUT2D eigenvalue weighted by Gasteiger charge is 2.05. The molecule has 0 fully saturated rings. The van der Waals surface area contributed by atoms with Crippen molar-refractivity contribution in [2.45, 2.75) is 26.7 Å². The van der Waals surface area contributed by atoms with Crippen LogP contribution in [-0.2, 0) is 0 Å². The number of unbranched alkanes of at least 4 members (excludes halogenated alkanes) is 1. The molecule has 3 nitrogen and oxygen atoms in total. The van der Waals surface area contributed by atoms with Gasteiger partial charge in [-0.3, -0.25) is 4.79 Å². The summed E-state index contributed by atoms with van der Waals surface area (Å²) in [5, 5.41) is 2.88. The molecule has 0 spiro atoms. The molecule has 0 aliphatic rings. The largest absolute Gasteiger partial charge is 0.489 e. The number of carbonyl (C=O) groups excluding carboxylic acids is 1. The summed E-state index contributed by atoms with van der Waals surface area (Å²) in [4.78, 5) is 11.8. The minimum atomic E-state index is -0.0516. The molecule has 0 radical (unpaired) electrons. The van der Waals surface area contributed by atoms with Gasteiger partial charge in [-0.25, -0.2) is 0 Å². The van der Waals surface area contributed by atoms with Gasteiger partial charge in [-0.05, 0) is 37.1 Å². The van der Waals surface area contributed by atoms with Gasteiger partial charge in [0.2, 0.25) is 0 Å². The fourth-order valence-electron chi connectivity index (χ4n) is 1.41. The average molecular weight is 247 g/mol. The van der Waals surface area contributed by atoms with Crippen molar-refractivity contribution in [3.05, 3.63) is 42.0 Å². The van der Waals surface area contributed by atoms with Crippen LogP contribution in [0.2, 0.25) is 0 Å². The van der Waals surface area contributed by atoms with Gasteiger partial charge < -0.3 is 10.1 Å².